The van der Waals surface area contributed by atoms with Crippen LogP contribution >= 0.6 is 0 Å². The van der Waals surface area contributed by atoms with Gasteiger partial charge < -0.3 is 4.74 Å². The number of benzene rings is 1. The summed E-state index contributed by atoms with van der Waals surface area (Å²) in [5, 5.41) is 4.28. The number of aromatic nitrogens is 5. The maximum atomic E-state index is 12.2. The Morgan fingerprint density at radius 1 is 1.09 bits per heavy atom. The van der Waals surface area contributed by atoms with E-state index in [1.165, 1.54) is 11.7 Å². The normalized spacial score (nSPS) is 10.9. The van der Waals surface area contributed by atoms with E-state index >= 15 is 0 Å². The number of ether oxygens (including phenoxy) is 1. The monoisotopic (exact) mass is 313 g/mol. The van der Waals surface area contributed by atoms with Crippen molar-refractivity contribution in [3.05, 3.63) is 56.5 Å². The summed E-state index contributed by atoms with van der Waals surface area (Å²) >= 11 is 0. The van der Waals surface area contributed by atoms with Gasteiger partial charge in [-0.2, -0.15) is 10.1 Å². The van der Waals surface area contributed by atoms with Crippen LogP contribution in [0, 0.1) is 0 Å². The first-order valence-electron chi connectivity index (χ1n) is 6.93. The number of nitrogens with zero attached hydrogens (tertiary/aromatic N) is 5. The predicted octanol–water partition coefficient (Wildman–Crippen LogP) is -0.0268. The number of rotatable bonds is 3. The van der Waals surface area contributed by atoms with Gasteiger partial charge in [0.1, 0.15) is 5.75 Å². The summed E-state index contributed by atoms with van der Waals surface area (Å²) < 4.78 is 7.46. The third-order valence-corrected chi connectivity index (χ3v) is 3.54. The molecule has 0 spiro atoms. The standard InChI is InChI=1S/C15H15N5O3/c1-19-14(21)12-13(17-15(19)22)20(2)18-11(16-12)8-9-4-6-10(23-3)7-5-9/h4-7H,8H2,1-3H3. The Morgan fingerprint density at radius 2 is 1.78 bits per heavy atom. The molecular formula is C15H15N5O3. The summed E-state index contributed by atoms with van der Waals surface area (Å²) in [6, 6.07) is 7.51. The number of hydrogen-bond donors (Lipinski definition) is 0. The highest BCUT2D eigenvalue weighted by Crippen LogP contribution is 2.15. The van der Waals surface area contributed by atoms with E-state index < -0.39 is 11.2 Å². The number of methoxy groups -OCH3 is 1. The SMILES string of the molecule is COc1ccc(Cc2nc3c(=O)n(C)c(=O)nc-3n(C)n2)cc1. The van der Waals surface area contributed by atoms with Crippen LogP contribution in [0.25, 0.3) is 11.5 Å². The van der Waals surface area contributed by atoms with Crippen molar-refractivity contribution < 1.29 is 4.74 Å². The van der Waals surface area contributed by atoms with Crippen molar-refractivity contribution in [1.82, 2.24) is 24.3 Å². The topological polar surface area (TPSA) is 91.9 Å². The van der Waals surface area contributed by atoms with Crippen molar-refractivity contribution >= 4 is 0 Å². The maximum Gasteiger partial charge on any atom is 0.352 e. The van der Waals surface area contributed by atoms with Gasteiger partial charge in [-0.25, -0.2) is 14.5 Å². The molecule has 0 fully saturated rings. The fourth-order valence-corrected chi connectivity index (χ4v) is 2.26. The molecule has 0 saturated heterocycles. The molecule has 0 bridgehead atoms. The highest BCUT2D eigenvalue weighted by Gasteiger charge is 2.18. The van der Waals surface area contributed by atoms with Crippen molar-refractivity contribution in [3.8, 4) is 17.3 Å². The van der Waals surface area contributed by atoms with E-state index in [-0.39, 0.29) is 11.5 Å². The Bertz CT molecular complexity index is 943. The first-order chi connectivity index (χ1) is 11.0. The van der Waals surface area contributed by atoms with Crippen LogP contribution in [0.4, 0.5) is 0 Å². The van der Waals surface area contributed by atoms with Gasteiger partial charge in [0.15, 0.2) is 17.3 Å². The number of aryl methyl sites for hydroxylation is 1. The van der Waals surface area contributed by atoms with E-state index in [0.29, 0.717) is 12.2 Å². The fourth-order valence-electron chi connectivity index (χ4n) is 2.26. The molecule has 2 aliphatic heterocycles. The molecule has 0 N–H and O–H groups in total. The van der Waals surface area contributed by atoms with Crippen molar-refractivity contribution in [2.45, 2.75) is 6.42 Å². The molecule has 2 heterocycles. The van der Waals surface area contributed by atoms with Gasteiger partial charge in [0.2, 0.25) is 0 Å². The van der Waals surface area contributed by atoms with E-state index in [9.17, 15) is 9.59 Å². The molecule has 3 rings (SSSR count). The second-order valence-corrected chi connectivity index (χ2v) is 5.11. The second-order valence-electron chi connectivity index (χ2n) is 5.11. The smallest absolute Gasteiger partial charge is 0.352 e. The van der Waals surface area contributed by atoms with E-state index in [1.54, 1.807) is 14.2 Å². The van der Waals surface area contributed by atoms with Crippen molar-refractivity contribution in [2.24, 2.45) is 14.1 Å². The summed E-state index contributed by atoms with van der Waals surface area (Å²) in [6.45, 7) is 0. The first kappa shape index (κ1) is 14.9. The van der Waals surface area contributed by atoms with Gasteiger partial charge in [-0.15, -0.1) is 0 Å². The summed E-state index contributed by atoms with van der Waals surface area (Å²) in [4.78, 5) is 31.9. The predicted molar refractivity (Wildman–Crippen MR) is 82.7 cm³/mol. The Labute approximate surface area is 131 Å². The van der Waals surface area contributed by atoms with Gasteiger partial charge in [0.25, 0.3) is 5.56 Å². The van der Waals surface area contributed by atoms with Crippen molar-refractivity contribution in [2.75, 3.05) is 7.11 Å². The summed E-state index contributed by atoms with van der Waals surface area (Å²) in [5.74, 6) is 1.42. The Morgan fingerprint density at radius 3 is 2.43 bits per heavy atom. The molecule has 0 radical (unpaired) electrons. The zero-order chi connectivity index (χ0) is 16.6. The lowest BCUT2D eigenvalue weighted by Gasteiger charge is -2.11. The summed E-state index contributed by atoms with van der Waals surface area (Å²) in [6.07, 6.45) is 0.454. The molecule has 0 unspecified atom stereocenters. The Hall–Kier alpha value is -3.03. The van der Waals surface area contributed by atoms with Crippen LogP contribution < -0.4 is 16.0 Å². The minimum absolute atomic E-state index is 0.133. The molecule has 0 atom stereocenters. The van der Waals surface area contributed by atoms with Gasteiger partial charge in [0, 0.05) is 20.5 Å². The first-order valence-corrected chi connectivity index (χ1v) is 6.93. The second kappa shape index (κ2) is 5.64. The largest absolute Gasteiger partial charge is 0.497 e. The average Bonchev–Trinajstić information content (AvgIpc) is 2.55. The fraction of sp³-hybridized carbons (Fsp3) is 0.267. The number of hydrogen-bond acceptors (Lipinski definition) is 6. The van der Waals surface area contributed by atoms with Crippen molar-refractivity contribution in [3.63, 3.8) is 0 Å². The van der Waals surface area contributed by atoms with E-state index in [2.05, 4.69) is 15.1 Å². The molecule has 23 heavy (non-hydrogen) atoms. The number of fused-ring (bicyclic) bond motifs is 1. The van der Waals surface area contributed by atoms with Crippen LogP contribution in [0.5, 0.6) is 5.75 Å². The quantitative estimate of drug-likeness (QED) is 0.674. The molecule has 0 aliphatic carbocycles. The molecule has 0 amide bonds. The van der Waals surface area contributed by atoms with E-state index in [4.69, 9.17) is 4.74 Å². The highest BCUT2D eigenvalue weighted by atomic mass is 16.5. The third-order valence-electron chi connectivity index (χ3n) is 3.54. The molecule has 8 nitrogen and oxygen atoms in total. The summed E-state index contributed by atoms with van der Waals surface area (Å²) in [5.41, 5.74) is 0.0158. The molecule has 0 saturated carbocycles. The van der Waals surface area contributed by atoms with Gasteiger partial charge in [0.05, 0.1) is 7.11 Å². The third kappa shape index (κ3) is 2.70. The van der Waals surface area contributed by atoms with E-state index in [1.807, 2.05) is 24.3 Å². The zero-order valence-electron chi connectivity index (χ0n) is 13.0. The maximum absolute atomic E-state index is 12.2. The van der Waals surface area contributed by atoms with Crippen LogP contribution in [-0.4, -0.2) is 31.4 Å². The average molecular weight is 313 g/mol. The molecule has 2 aliphatic rings. The zero-order valence-corrected chi connectivity index (χ0v) is 13.0. The van der Waals surface area contributed by atoms with Crippen LogP contribution in [-0.2, 0) is 20.5 Å². The van der Waals surface area contributed by atoms with Crippen molar-refractivity contribution in [1.29, 1.82) is 0 Å². The van der Waals surface area contributed by atoms with E-state index in [0.717, 1.165) is 15.9 Å². The van der Waals surface area contributed by atoms with Gasteiger partial charge in [-0.3, -0.25) is 9.36 Å². The molecule has 1 aromatic carbocycles. The molecule has 0 aromatic heterocycles. The highest BCUT2D eigenvalue weighted by molar-refractivity contribution is 5.48. The van der Waals surface area contributed by atoms with Crippen LogP contribution in [0.2, 0.25) is 0 Å². The minimum atomic E-state index is -0.621. The summed E-state index contributed by atoms with van der Waals surface area (Å²) in [7, 11) is 4.62. The lowest BCUT2D eigenvalue weighted by atomic mass is 10.1. The van der Waals surface area contributed by atoms with Crippen LogP contribution in [0.1, 0.15) is 11.4 Å². The van der Waals surface area contributed by atoms with Gasteiger partial charge >= 0.3 is 5.69 Å². The lowest BCUT2D eigenvalue weighted by molar-refractivity contribution is 0.414. The molecular weight excluding hydrogens is 298 g/mol. The van der Waals surface area contributed by atoms with Crippen LogP contribution in [0.15, 0.2) is 33.9 Å². The molecule has 1 aromatic rings. The van der Waals surface area contributed by atoms with Gasteiger partial charge in [-0.1, -0.05) is 12.1 Å². The Balaban J connectivity index is 2.07. The lowest BCUT2D eigenvalue weighted by Crippen LogP contribution is -2.37. The molecule has 8 heteroatoms. The van der Waals surface area contributed by atoms with Crippen LogP contribution in [0.3, 0.4) is 0 Å². The minimum Gasteiger partial charge on any atom is -0.497 e. The molecule has 118 valence electrons. The Kier molecular flexibility index (Phi) is 3.65. The van der Waals surface area contributed by atoms with Gasteiger partial charge in [-0.05, 0) is 17.7 Å².